The summed E-state index contributed by atoms with van der Waals surface area (Å²) in [7, 11) is 0. The van der Waals surface area contributed by atoms with Crippen molar-refractivity contribution in [1.82, 2.24) is 10.2 Å². The summed E-state index contributed by atoms with van der Waals surface area (Å²) in [5.74, 6) is 2.07. The van der Waals surface area contributed by atoms with Gasteiger partial charge in [0.2, 0.25) is 0 Å². The topological polar surface area (TPSA) is 15.3 Å². The van der Waals surface area contributed by atoms with Crippen molar-refractivity contribution in [3.63, 3.8) is 0 Å². The maximum atomic E-state index is 3.76. The molecule has 3 heteroatoms. The molecule has 5 atom stereocenters. The van der Waals surface area contributed by atoms with Crippen LogP contribution in [0.5, 0.6) is 0 Å². The van der Waals surface area contributed by atoms with E-state index in [1.807, 2.05) is 0 Å². The predicted molar refractivity (Wildman–Crippen MR) is 91.6 cm³/mol. The van der Waals surface area contributed by atoms with Crippen LogP contribution >= 0.6 is 11.8 Å². The number of rotatable bonds is 6. The fourth-order valence-electron chi connectivity index (χ4n) is 4.13. The summed E-state index contributed by atoms with van der Waals surface area (Å²) in [5.41, 5.74) is 0. The normalized spacial score (nSPS) is 39.3. The molecule has 1 saturated heterocycles. The van der Waals surface area contributed by atoms with Crippen molar-refractivity contribution in [1.29, 1.82) is 0 Å². The lowest BCUT2D eigenvalue weighted by molar-refractivity contribution is 0.0490. The molecular formula is C17H34N2S. The van der Waals surface area contributed by atoms with Gasteiger partial charge in [-0.15, -0.1) is 0 Å². The summed E-state index contributed by atoms with van der Waals surface area (Å²) in [6.45, 7) is 12.0. The Morgan fingerprint density at radius 2 is 1.95 bits per heavy atom. The molecule has 0 aromatic heterocycles. The van der Waals surface area contributed by atoms with Crippen LogP contribution in [0.4, 0.5) is 0 Å². The summed E-state index contributed by atoms with van der Waals surface area (Å²) >= 11 is 2.18. The first kappa shape index (κ1) is 16.6. The van der Waals surface area contributed by atoms with E-state index in [9.17, 15) is 0 Å². The quantitative estimate of drug-likeness (QED) is 0.804. The van der Waals surface area contributed by atoms with Gasteiger partial charge in [0, 0.05) is 29.9 Å². The van der Waals surface area contributed by atoms with Gasteiger partial charge in [0.1, 0.15) is 0 Å². The minimum Gasteiger partial charge on any atom is -0.314 e. The van der Waals surface area contributed by atoms with Crippen LogP contribution in [-0.4, -0.2) is 47.1 Å². The minimum atomic E-state index is 0.739. The van der Waals surface area contributed by atoms with Crippen LogP contribution in [0.1, 0.15) is 59.8 Å². The van der Waals surface area contributed by atoms with Gasteiger partial charge in [0.15, 0.2) is 0 Å². The molecule has 2 nitrogen and oxygen atoms in total. The molecule has 0 radical (unpaired) electrons. The third-order valence-electron chi connectivity index (χ3n) is 5.50. The van der Waals surface area contributed by atoms with Crippen LogP contribution in [0.2, 0.25) is 0 Å². The summed E-state index contributed by atoms with van der Waals surface area (Å²) in [5, 5.41) is 4.69. The molecule has 2 fully saturated rings. The third-order valence-corrected chi connectivity index (χ3v) is 6.73. The molecule has 0 aromatic carbocycles. The lowest BCUT2D eigenvalue weighted by Crippen LogP contribution is -2.56. The van der Waals surface area contributed by atoms with Crippen LogP contribution in [-0.2, 0) is 0 Å². The Hall–Kier alpha value is 0.270. The average Bonchev–Trinajstić information content (AvgIpc) is 2.89. The molecule has 1 heterocycles. The predicted octanol–water partition coefficient (Wildman–Crippen LogP) is 3.76. The molecule has 0 aromatic rings. The number of nitrogens with one attached hydrogen (secondary N) is 1. The van der Waals surface area contributed by atoms with Gasteiger partial charge < -0.3 is 5.32 Å². The van der Waals surface area contributed by atoms with E-state index in [-0.39, 0.29) is 0 Å². The lowest BCUT2D eigenvalue weighted by atomic mass is 9.85. The molecule has 20 heavy (non-hydrogen) atoms. The van der Waals surface area contributed by atoms with Crippen molar-refractivity contribution in [3.8, 4) is 0 Å². The van der Waals surface area contributed by atoms with Gasteiger partial charge in [-0.3, -0.25) is 4.90 Å². The third kappa shape index (κ3) is 3.92. The Labute approximate surface area is 130 Å². The molecule has 1 aliphatic carbocycles. The summed E-state index contributed by atoms with van der Waals surface area (Å²) in [6, 6.07) is 2.35. The maximum absolute atomic E-state index is 3.76. The molecule has 2 rings (SSSR count). The zero-order valence-corrected chi connectivity index (χ0v) is 14.7. The zero-order valence-electron chi connectivity index (χ0n) is 13.9. The summed E-state index contributed by atoms with van der Waals surface area (Å²) in [4.78, 5) is 2.84. The van der Waals surface area contributed by atoms with Crippen molar-refractivity contribution < 1.29 is 0 Å². The van der Waals surface area contributed by atoms with E-state index in [0.29, 0.717) is 0 Å². The lowest BCUT2D eigenvalue weighted by Gasteiger charge is -2.46. The molecule has 0 amide bonds. The van der Waals surface area contributed by atoms with Crippen molar-refractivity contribution >= 4 is 11.8 Å². The van der Waals surface area contributed by atoms with E-state index in [0.717, 1.165) is 29.3 Å². The van der Waals surface area contributed by atoms with Gasteiger partial charge in [0.25, 0.3) is 0 Å². The number of piperidine rings is 1. The molecule has 0 spiro atoms. The first-order valence-corrected chi connectivity index (χ1v) is 9.82. The molecular weight excluding hydrogens is 264 g/mol. The maximum Gasteiger partial charge on any atom is 0.0120 e. The monoisotopic (exact) mass is 298 g/mol. The minimum absolute atomic E-state index is 0.739. The second-order valence-corrected chi connectivity index (χ2v) is 8.31. The van der Waals surface area contributed by atoms with Gasteiger partial charge in [-0.1, -0.05) is 20.8 Å². The van der Waals surface area contributed by atoms with Gasteiger partial charge in [-0.2, -0.15) is 11.8 Å². The molecule has 5 unspecified atom stereocenters. The second-order valence-electron chi connectivity index (χ2n) is 6.73. The van der Waals surface area contributed by atoms with Gasteiger partial charge in [-0.05, 0) is 57.2 Å². The largest absolute Gasteiger partial charge is 0.314 e. The highest BCUT2D eigenvalue weighted by atomic mass is 32.2. The Balaban J connectivity index is 1.85. The molecule has 1 aliphatic heterocycles. The Bertz CT molecular complexity index is 284. The molecule has 1 saturated carbocycles. The summed E-state index contributed by atoms with van der Waals surface area (Å²) < 4.78 is 0. The number of hydrogen-bond acceptors (Lipinski definition) is 3. The summed E-state index contributed by atoms with van der Waals surface area (Å²) in [6.07, 6.45) is 6.90. The van der Waals surface area contributed by atoms with Crippen LogP contribution < -0.4 is 5.32 Å². The number of thioether (sulfide) groups is 1. The van der Waals surface area contributed by atoms with Crippen LogP contribution in [0.25, 0.3) is 0 Å². The Kier molecular flexibility index (Phi) is 6.70. The van der Waals surface area contributed by atoms with Crippen LogP contribution in [0.3, 0.4) is 0 Å². The van der Waals surface area contributed by atoms with Crippen LogP contribution in [0.15, 0.2) is 0 Å². The van der Waals surface area contributed by atoms with E-state index in [2.05, 4.69) is 49.7 Å². The highest BCUT2D eigenvalue weighted by Gasteiger charge is 2.38. The first-order chi connectivity index (χ1) is 9.67. The Morgan fingerprint density at radius 1 is 1.15 bits per heavy atom. The van der Waals surface area contributed by atoms with E-state index in [1.54, 1.807) is 0 Å². The van der Waals surface area contributed by atoms with E-state index < -0.39 is 0 Å². The van der Waals surface area contributed by atoms with Gasteiger partial charge >= 0.3 is 0 Å². The molecule has 118 valence electrons. The molecule has 2 aliphatic rings. The molecule has 1 N–H and O–H groups in total. The van der Waals surface area contributed by atoms with Crippen LogP contribution in [0, 0.1) is 5.92 Å². The van der Waals surface area contributed by atoms with Gasteiger partial charge in [0.05, 0.1) is 0 Å². The fourth-order valence-corrected chi connectivity index (χ4v) is 5.26. The second kappa shape index (κ2) is 8.05. The van der Waals surface area contributed by atoms with Gasteiger partial charge in [-0.25, -0.2) is 0 Å². The Morgan fingerprint density at radius 3 is 2.65 bits per heavy atom. The zero-order chi connectivity index (χ0) is 14.5. The number of likely N-dealkylation sites (tertiary alicyclic amines) is 1. The van der Waals surface area contributed by atoms with Crippen molar-refractivity contribution in [2.45, 2.75) is 83.2 Å². The first-order valence-electron chi connectivity index (χ1n) is 8.78. The van der Waals surface area contributed by atoms with E-state index in [1.165, 1.54) is 50.9 Å². The van der Waals surface area contributed by atoms with Crippen molar-refractivity contribution in [2.24, 2.45) is 5.92 Å². The number of nitrogens with zero attached hydrogens (tertiary/aromatic N) is 1. The van der Waals surface area contributed by atoms with E-state index >= 15 is 0 Å². The highest BCUT2D eigenvalue weighted by molar-refractivity contribution is 7.99. The van der Waals surface area contributed by atoms with E-state index in [4.69, 9.17) is 0 Å². The fraction of sp³-hybridized carbons (Fsp3) is 1.00. The number of hydrogen-bond donors (Lipinski definition) is 1. The van der Waals surface area contributed by atoms with Crippen molar-refractivity contribution in [2.75, 3.05) is 18.8 Å². The standard InChI is InChI=1S/C17H34N2S/c1-5-10-18-17-9-11-19(14(4)13(17)3)15-7-8-16(12-15)20-6-2/h13-18H,5-12H2,1-4H3. The SMILES string of the molecule is CCCNC1CCN(C2CCC(SCC)C2)C(C)C1C. The molecule has 0 bridgehead atoms. The highest BCUT2D eigenvalue weighted by Crippen LogP contribution is 2.36. The smallest absolute Gasteiger partial charge is 0.0120 e. The average molecular weight is 299 g/mol. The van der Waals surface area contributed by atoms with Crippen molar-refractivity contribution in [3.05, 3.63) is 0 Å².